The van der Waals surface area contributed by atoms with Crippen molar-refractivity contribution in [1.82, 2.24) is 0 Å². The van der Waals surface area contributed by atoms with Crippen LogP contribution in [0.15, 0.2) is 0 Å². The Morgan fingerprint density at radius 1 is 1.47 bits per heavy atom. The van der Waals surface area contributed by atoms with Gasteiger partial charge in [-0.25, -0.2) is 8.42 Å². The molecule has 3 atom stereocenters. The third-order valence-corrected chi connectivity index (χ3v) is 6.43. The third-order valence-electron chi connectivity index (χ3n) is 3.50. The Balaban J connectivity index is 2.89. The second-order valence-corrected chi connectivity index (χ2v) is 7.19. The maximum Gasteiger partial charge on any atom is 0.156 e. The van der Waals surface area contributed by atoms with E-state index in [0.717, 1.165) is 6.42 Å². The van der Waals surface area contributed by atoms with E-state index in [-0.39, 0.29) is 23.4 Å². The summed E-state index contributed by atoms with van der Waals surface area (Å²) < 4.78 is 24.2. The van der Waals surface area contributed by atoms with Crippen LogP contribution < -0.4 is 0 Å². The monoisotopic (exact) mass is 232 g/mol. The Morgan fingerprint density at radius 3 is 2.60 bits per heavy atom. The number of rotatable bonds is 3. The van der Waals surface area contributed by atoms with Gasteiger partial charge in [-0.1, -0.05) is 13.8 Å². The van der Waals surface area contributed by atoms with Gasteiger partial charge in [0.15, 0.2) is 9.84 Å². The number of hydrogen-bond acceptors (Lipinski definition) is 3. The Bertz CT molecular complexity index is 332. The highest BCUT2D eigenvalue weighted by atomic mass is 32.2. The van der Waals surface area contributed by atoms with E-state index < -0.39 is 15.1 Å². The van der Waals surface area contributed by atoms with Crippen molar-refractivity contribution in [2.24, 2.45) is 5.92 Å². The lowest BCUT2D eigenvalue weighted by Crippen LogP contribution is -2.39. The summed E-state index contributed by atoms with van der Waals surface area (Å²) in [6.45, 7) is 5.55. The van der Waals surface area contributed by atoms with Gasteiger partial charge in [-0.2, -0.15) is 0 Å². The molecule has 0 bridgehead atoms. The Morgan fingerprint density at radius 2 is 2.07 bits per heavy atom. The van der Waals surface area contributed by atoms with Crippen molar-refractivity contribution in [2.75, 3.05) is 0 Å². The van der Waals surface area contributed by atoms with Gasteiger partial charge in [-0.15, -0.1) is 0 Å². The van der Waals surface area contributed by atoms with E-state index in [4.69, 9.17) is 0 Å². The van der Waals surface area contributed by atoms with Crippen LogP contribution in [0.25, 0.3) is 0 Å². The molecular formula is C11H20O3S. The normalized spacial score (nSPS) is 30.2. The summed E-state index contributed by atoms with van der Waals surface area (Å²) in [5.74, 6) is 0.228. The van der Waals surface area contributed by atoms with E-state index in [0.29, 0.717) is 12.8 Å². The van der Waals surface area contributed by atoms with Crippen molar-refractivity contribution >= 4 is 15.6 Å². The van der Waals surface area contributed by atoms with E-state index in [1.165, 1.54) is 0 Å². The van der Waals surface area contributed by atoms with E-state index in [9.17, 15) is 13.2 Å². The smallest absolute Gasteiger partial charge is 0.156 e. The molecule has 0 aromatic heterocycles. The lowest BCUT2D eigenvalue weighted by atomic mass is 9.89. The molecule has 88 valence electrons. The SMILES string of the molecule is CCC(C)S(=O)(=O)C1CC(=O)CCC1C. The maximum atomic E-state index is 12.1. The highest BCUT2D eigenvalue weighted by molar-refractivity contribution is 7.92. The molecule has 3 unspecified atom stereocenters. The lowest BCUT2D eigenvalue weighted by Gasteiger charge is -2.29. The summed E-state index contributed by atoms with van der Waals surface area (Å²) in [6, 6.07) is 0. The number of carbonyl (C=O) groups is 1. The molecule has 0 N–H and O–H groups in total. The summed E-state index contributed by atoms with van der Waals surface area (Å²) in [7, 11) is -3.12. The second-order valence-electron chi connectivity index (χ2n) is 4.61. The Kier molecular flexibility index (Phi) is 3.93. The highest BCUT2D eigenvalue weighted by Crippen LogP contribution is 2.30. The first kappa shape index (κ1) is 12.7. The predicted octanol–water partition coefficient (Wildman–Crippen LogP) is 1.96. The molecule has 4 heteroatoms. The molecular weight excluding hydrogens is 212 g/mol. The highest BCUT2D eigenvalue weighted by Gasteiger charge is 2.38. The summed E-state index contributed by atoms with van der Waals surface area (Å²) in [4.78, 5) is 11.3. The average molecular weight is 232 g/mol. The molecule has 1 fully saturated rings. The largest absolute Gasteiger partial charge is 0.300 e. The number of Topliss-reactive ketones (excluding diaryl/α,β-unsaturated/α-hetero) is 1. The van der Waals surface area contributed by atoms with Crippen molar-refractivity contribution in [3.8, 4) is 0 Å². The van der Waals surface area contributed by atoms with Crippen LogP contribution in [-0.2, 0) is 14.6 Å². The van der Waals surface area contributed by atoms with Crippen LogP contribution in [0.3, 0.4) is 0 Å². The molecule has 0 heterocycles. The zero-order valence-electron chi connectivity index (χ0n) is 9.69. The Hall–Kier alpha value is -0.380. The van der Waals surface area contributed by atoms with Gasteiger partial charge >= 0.3 is 0 Å². The molecule has 3 nitrogen and oxygen atoms in total. The zero-order chi connectivity index (χ0) is 11.6. The average Bonchev–Trinajstić information content (AvgIpc) is 2.20. The lowest BCUT2D eigenvalue weighted by molar-refractivity contribution is -0.120. The van der Waals surface area contributed by atoms with Crippen molar-refractivity contribution in [3.05, 3.63) is 0 Å². The van der Waals surface area contributed by atoms with Crippen LogP contribution in [0.5, 0.6) is 0 Å². The number of ketones is 1. The molecule has 1 rings (SSSR count). The number of carbonyl (C=O) groups excluding carboxylic acids is 1. The van der Waals surface area contributed by atoms with E-state index >= 15 is 0 Å². The van der Waals surface area contributed by atoms with Gasteiger partial charge in [0.25, 0.3) is 0 Å². The van der Waals surface area contributed by atoms with Gasteiger partial charge in [0.2, 0.25) is 0 Å². The minimum Gasteiger partial charge on any atom is -0.300 e. The van der Waals surface area contributed by atoms with Crippen molar-refractivity contribution in [2.45, 2.75) is 57.0 Å². The molecule has 0 aliphatic heterocycles. The topological polar surface area (TPSA) is 51.2 Å². The van der Waals surface area contributed by atoms with Gasteiger partial charge in [-0.3, -0.25) is 4.79 Å². The predicted molar refractivity (Wildman–Crippen MR) is 60.5 cm³/mol. The molecule has 1 saturated carbocycles. The van der Waals surface area contributed by atoms with Crippen LogP contribution in [0.4, 0.5) is 0 Å². The number of sulfone groups is 1. The zero-order valence-corrected chi connectivity index (χ0v) is 10.5. The van der Waals surface area contributed by atoms with Crippen LogP contribution in [0.1, 0.15) is 46.5 Å². The summed E-state index contributed by atoms with van der Waals surface area (Å²) in [5.41, 5.74) is 0. The fourth-order valence-corrected chi connectivity index (χ4v) is 4.34. The molecule has 0 amide bonds. The maximum absolute atomic E-state index is 12.1. The van der Waals surface area contributed by atoms with Gasteiger partial charge in [-0.05, 0) is 25.7 Å². The standard InChI is InChI=1S/C11H20O3S/c1-4-9(3)15(13,14)11-7-10(12)6-5-8(11)2/h8-9,11H,4-7H2,1-3H3. The minimum atomic E-state index is -3.12. The Labute approximate surface area is 92.2 Å². The molecule has 1 aliphatic carbocycles. The summed E-state index contributed by atoms with van der Waals surface area (Å²) >= 11 is 0. The van der Waals surface area contributed by atoms with Gasteiger partial charge in [0.1, 0.15) is 5.78 Å². The van der Waals surface area contributed by atoms with Crippen molar-refractivity contribution < 1.29 is 13.2 Å². The van der Waals surface area contributed by atoms with Crippen LogP contribution >= 0.6 is 0 Å². The van der Waals surface area contributed by atoms with Crippen LogP contribution in [-0.4, -0.2) is 24.7 Å². The van der Waals surface area contributed by atoms with Gasteiger partial charge < -0.3 is 0 Å². The van der Waals surface area contributed by atoms with E-state index in [2.05, 4.69) is 0 Å². The first-order valence-electron chi connectivity index (χ1n) is 5.64. The van der Waals surface area contributed by atoms with E-state index in [1.54, 1.807) is 6.92 Å². The second kappa shape index (κ2) is 4.64. The third kappa shape index (κ3) is 2.60. The van der Waals surface area contributed by atoms with Gasteiger partial charge in [0.05, 0.1) is 10.5 Å². The van der Waals surface area contributed by atoms with Crippen molar-refractivity contribution in [3.63, 3.8) is 0 Å². The molecule has 0 radical (unpaired) electrons. The molecule has 15 heavy (non-hydrogen) atoms. The summed E-state index contributed by atoms with van der Waals surface area (Å²) in [6.07, 6.45) is 2.13. The van der Waals surface area contributed by atoms with Crippen molar-refractivity contribution in [1.29, 1.82) is 0 Å². The summed E-state index contributed by atoms with van der Waals surface area (Å²) in [5, 5.41) is -0.760. The molecule has 0 aromatic rings. The first-order chi connectivity index (χ1) is 6.89. The fourth-order valence-electron chi connectivity index (χ4n) is 2.07. The quantitative estimate of drug-likeness (QED) is 0.747. The molecule has 0 aromatic carbocycles. The van der Waals surface area contributed by atoms with E-state index in [1.807, 2.05) is 13.8 Å². The number of hydrogen-bond donors (Lipinski definition) is 0. The van der Waals surface area contributed by atoms with Crippen LogP contribution in [0, 0.1) is 5.92 Å². The first-order valence-corrected chi connectivity index (χ1v) is 7.25. The van der Waals surface area contributed by atoms with Gasteiger partial charge in [0, 0.05) is 12.8 Å². The minimum absolute atomic E-state index is 0.102. The molecule has 0 saturated heterocycles. The molecule has 0 spiro atoms. The van der Waals surface area contributed by atoms with Crippen LogP contribution in [0.2, 0.25) is 0 Å². The molecule has 1 aliphatic rings. The fraction of sp³-hybridized carbons (Fsp3) is 0.909.